The van der Waals surface area contributed by atoms with Crippen molar-refractivity contribution < 1.29 is 27.9 Å². The van der Waals surface area contributed by atoms with Crippen molar-refractivity contribution in [3.63, 3.8) is 0 Å². The van der Waals surface area contributed by atoms with Crippen LogP contribution in [0.5, 0.6) is 0 Å². The lowest BCUT2D eigenvalue weighted by atomic mass is 9.49. The third-order valence-electron chi connectivity index (χ3n) is 23.8. The van der Waals surface area contributed by atoms with Gasteiger partial charge in [0.15, 0.2) is 0 Å². The van der Waals surface area contributed by atoms with Gasteiger partial charge in [0.1, 0.15) is 0 Å². The van der Waals surface area contributed by atoms with Crippen molar-refractivity contribution in [1.82, 2.24) is 0 Å². The van der Waals surface area contributed by atoms with Crippen LogP contribution < -0.4 is 5.46 Å². The number of benzene rings is 10. The van der Waals surface area contributed by atoms with E-state index in [2.05, 4.69) is 280 Å². The highest BCUT2D eigenvalue weighted by atomic mass is 35.5. The van der Waals surface area contributed by atoms with E-state index in [0.717, 1.165) is 10.5 Å². The van der Waals surface area contributed by atoms with E-state index in [-0.39, 0.29) is 33.2 Å². The van der Waals surface area contributed by atoms with Crippen LogP contribution in [-0.2, 0) is 49.6 Å². The first-order valence-electron chi connectivity index (χ1n) is 34.3. The molecule has 17 rings (SSSR count). The van der Waals surface area contributed by atoms with Gasteiger partial charge in [0.2, 0.25) is 0 Å². The molecule has 10 heteroatoms. The third kappa shape index (κ3) is 9.52. The van der Waals surface area contributed by atoms with Crippen LogP contribution in [0.3, 0.4) is 0 Å². The molecule has 2 unspecified atom stereocenters. The van der Waals surface area contributed by atoms with E-state index in [1.807, 2.05) is 61.5 Å². The third-order valence-corrected chi connectivity index (χ3v) is 24.0. The van der Waals surface area contributed by atoms with Crippen LogP contribution in [0.25, 0.3) is 44.5 Å². The second-order valence-corrected chi connectivity index (χ2v) is 32.0. The standard InChI is InChI=1S/C40H37BO2.C34H25Cl.C12H24B2O4/c1-37(2)33-18-12-10-16-29(33)31-22-20-27(24-35(31)37)40(26-14-8-7-9-15-26)34-19-13-11-17-30(34)32-23-21-28(25-36(32)40)41-42-38(3,4)39(5,6)43-41;1-33(2)29-14-8-6-12-25(29)27-18-16-23(20-31(27)33)34(22-10-4-3-5-11-22)30-15-9-7-13-26(30)28-19-17-24(35)21-32(28)34;1-9(2)10(3,4)16-13(15-9)14-17-11(5,6)12(7,8)18-14/h7-25H,1-6H3;3-21H,1-2H3;1-8H3. The van der Waals surface area contributed by atoms with Crippen LogP contribution in [0.15, 0.2) is 231 Å². The summed E-state index contributed by atoms with van der Waals surface area (Å²) in [4.78, 5) is 0. The zero-order chi connectivity index (χ0) is 67.5. The topological polar surface area (TPSA) is 55.4 Å². The Kier molecular flexibility index (Phi) is 14.9. The second-order valence-electron chi connectivity index (χ2n) is 31.5. The summed E-state index contributed by atoms with van der Waals surface area (Å²) in [6, 6.07) is 85.1. The van der Waals surface area contributed by atoms with Crippen LogP contribution in [-0.4, -0.2) is 54.7 Å². The van der Waals surface area contributed by atoms with Gasteiger partial charge in [0.05, 0.1) is 44.4 Å². The molecule has 96 heavy (non-hydrogen) atoms. The average molecular weight is 1280 g/mol. The monoisotopic (exact) mass is 1280 g/mol. The van der Waals surface area contributed by atoms with E-state index in [4.69, 9.17) is 39.5 Å². The Bertz CT molecular complexity index is 4660. The molecule has 0 N–H and O–H groups in total. The first kappa shape index (κ1) is 64.4. The van der Waals surface area contributed by atoms with Gasteiger partial charge in [0.25, 0.3) is 0 Å². The minimum Gasteiger partial charge on any atom is -0.405 e. The molecule has 3 saturated heterocycles. The normalized spacial score (nSPS) is 22.4. The molecule has 0 spiro atoms. The summed E-state index contributed by atoms with van der Waals surface area (Å²) in [6.07, 6.45) is 0. The van der Waals surface area contributed by atoms with Gasteiger partial charge in [-0.1, -0.05) is 258 Å². The average Bonchev–Trinajstić information content (AvgIpc) is 1.46. The maximum absolute atomic E-state index is 6.67. The number of rotatable bonds is 6. The van der Waals surface area contributed by atoms with Crippen molar-refractivity contribution >= 4 is 38.2 Å². The minimum absolute atomic E-state index is 0.0604. The summed E-state index contributed by atoms with van der Waals surface area (Å²) in [6.45, 7) is 34.1. The van der Waals surface area contributed by atoms with Gasteiger partial charge in [-0.15, -0.1) is 0 Å². The fourth-order valence-electron chi connectivity index (χ4n) is 16.5. The Morgan fingerprint density at radius 1 is 0.240 bits per heavy atom. The largest absolute Gasteiger partial charge is 0.494 e. The lowest BCUT2D eigenvalue weighted by Crippen LogP contribution is -2.41. The molecule has 0 amide bonds. The Balaban J connectivity index is 0.000000128. The van der Waals surface area contributed by atoms with Crippen molar-refractivity contribution in [3.8, 4) is 44.5 Å². The first-order valence-corrected chi connectivity index (χ1v) is 34.7. The molecule has 4 aliphatic carbocycles. The molecule has 6 nitrogen and oxygen atoms in total. The van der Waals surface area contributed by atoms with Gasteiger partial charge in [0, 0.05) is 15.9 Å². The predicted molar refractivity (Wildman–Crippen MR) is 396 cm³/mol. The molecule has 0 aromatic heterocycles. The summed E-state index contributed by atoms with van der Waals surface area (Å²) < 4.78 is 37.0. The van der Waals surface area contributed by atoms with Gasteiger partial charge >= 0.3 is 21.1 Å². The van der Waals surface area contributed by atoms with E-state index < -0.39 is 43.2 Å². The van der Waals surface area contributed by atoms with Crippen molar-refractivity contribution in [2.24, 2.45) is 0 Å². The van der Waals surface area contributed by atoms with Crippen LogP contribution in [0.4, 0.5) is 0 Å². The summed E-state index contributed by atoms with van der Waals surface area (Å²) in [5.41, 5.74) is 24.0. The van der Waals surface area contributed by atoms with Crippen LogP contribution in [0.2, 0.25) is 5.02 Å². The summed E-state index contributed by atoms with van der Waals surface area (Å²) in [5.74, 6) is 0. The molecule has 3 fully saturated rings. The molecule has 10 aromatic rings. The molecule has 3 heterocycles. The number of hydrogen-bond acceptors (Lipinski definition) is 6. The number of fused-ring (bicyclic) bond motifs is 12. The minimum atomic E-state index is -0.493. The number of halogens is 1. The van der Waals surface area contributed by atoms with E-state index in [1.165, 1.54) is 111 Å². The molecule has 10 aromatic carbocycles. The zero-order valence-electron chi connectivity index (χ0n) is 58.5. The molecule has 0 radical (unpaired) electrons. The Morgan fingerprint density at radius 2 is 0.531 bits per heavy atom. The predicted octanol–water partition coefficient (Wildman–Crippen LogP) is 19.9. The van der Waals surface area contributed by atoms with Gasteiger partial charge in [-0.3, -0.25) is 0 Å². The quantitative estimate of drug-likeness (QED) is 0.155. The van der Waals surface area contributed by atoms with Crippen molar-refractivity contribution in [2.45, 2.75) is 166 Å². The summed E-state index contributed by atoms with van der Waals surface area (Å²) in [7, 11) is -1.38. The van der Waals surface area contributed by atoms with Crippen molar-refractivity contribution in [2.75, 3.05) is 0 Å². The number of hydrogen-bond donors (Lipinski definition) is 0. The van der Waals surface area contributed by atoms with Crippen molar-refractivity contribution in [3.05, 3.63) is 302 Å². The molecule has 7 aliphatic rings. The molecule has 0 bridgehead atoms. The van der Waals surface area contributed by atoms with Gasteiger partial charge in [-0.05, 0) is 212 Å². The maximum atomic E-state index is 6.67. The van der Waals surface area contributed by atoms with Crippen LogP contribution in [0, 0.1) is 0 Å². The zero-order valence-corrected chi connectivity index (χ0v) is 59.3. The molecular weight excluding hydrogens is 1200 g/mol. The second kappa shape index (κ2) is 22.2. The molecule has 2 atom stereocenters. The van der Waals surface area contributed by atoms with E-state index in [9.17, 15) is 0 Å². The Labute approximate surface area is 575 Å². The summed E-state index contributed by atoms with van der Waals surface area (Å²) >= 11 is 6.67. The lowest BCUT2D eigenvalue weighted by Gasteiger charge is -2.35. The maximum Gasteiger partial charge on any atom is 0.494 e. The fourth-order valence-corrected chi connectivity index (χ4v) is 16.7. The fraction of sp³-hybridized carbons (Fsp3) is 0.302. The van der Waals surface area contributed by atoms with Gasteiger partial charge < -0.3 is 27.9 Å². The highest BCUT2D eigenvalue weighted by Gasteiger charge is 2.64. The Hall–Kier alpha value is -7.56. The van der Waals surface area contributed by atoms with E-state index >= 15 is 0 Å². The van der Waals surface area contributed by atoms with Gasteiger partial charge in [-0.25, -0.2) is 0 Å². The Morgan fingerprint density at radius 3 is 0.927 bits per heavy atom. The van der Waals surface area contributed by atoms with E-state index in [1.54, 1.807) is 0 Å². The highest BCUT2D eigenvalue weighted by Crippen LogP contribution is 2.61. The van der Waals surface area contributed by atoms with E-state index in [0.29, 0.717) is 0 Å². The molecule has 482 valence electrons. The SMILES string of the molecule is CC1(C)OB(B2OC(C)(C)C(C)(C)O2)OC1(C)C.CC1(C)c2ccccc2-c2ccc(C3(c4ccccc4)c4ccccc4-c4ccc(B5OC(C)(C)C(C)(C)O5)cc43)cc21.CC1(C)c2ccccc2-c2ccc(C3(c4ccccc4)c4ccccc4-c4ccc(Cl)cc43)cc21. The molecule has 3 aliphatic heterocycles. The summed E-state index contributed by atoms with van der Waals surface area (Å²) in [5, 5.41) is 0.769. The van der Waals surface area contributed by atoms with Crippen molar-refractivity contribution in [1.29, 1.82) is 0 Å². The smallest absolute Gasteiger partial charge is 0.405 e. The first-order chi connectivity index (χ1) is 45.5. The molecule has 0 saturated carbocycles. The molecular formula is C86H86B3ClO6. The lowest BCUT2D eigenvalue weighted by molar-refractivity contribution is 0.00578. The highest BCUT2D eigenvalue weighted by molar-refractivity contribution is 7.11. The van der Waals surface area contributed by atoms with Crippen LogP contribution in [0.1, 0.15) is 178 Å². The van der Waals surface area contributed by atoms with Gasteiger partial charge in [-0.2, -0.15) is 0 Å². The van der Waals surface area contributed by atoms with Crippen LogP contribution >= 0.6 is 11.6 Å².